The van der Waals surface area contributed by atoms with Crippen LogP contribution in [-0.2, 0) is 9.59 Å². The van der Waals surface area contributed by atoms with Crippen molar-refractivity contribution in [3.05, 3.63) is 48.3 Å². The summed E-state index contributed by atoms with van der Waals surface area (Å²) in [6.45, 7) is 5.24. The second-order valence-corrected chi connectivity index (χ2v) is 9.24. The van der Waals surface area contributed by atoms with Crippen molar-refractivity contribution < 1.29 is 18.4 Å². The Bertz CT molecular complexity index is 1190. The fourth-order valence-electron chi connectivity index (χ4n) is 3.75. The predicted molar refractivity (Wildman–Crippen MR) is 125 cm³/mol. The Kier molecular flexibility index (Phi) is 6.91. The Hall–Kier alpha value is -3.35. The molecule has 3 heterocycles. The van der Waals surface area contributed by atoms with Gasteiger partial charge < -0.3 is 10.6 Å². The normalized spacial score (nSPS) is 17.5. The first-order chi connectivity index (χ1) is 16.3. The van der Waals surface area contributed by atoms with Crippen LogP contribution in [0.4, 0.5) is 25.5 Å². The van der Waals surface area contributed by atoms with Crippen molar-refractivity contribution in [1.82, 2.24) is 25.2 Å². The number of nitrogens with one attached hydrogen (secondary N) is 3. The van der Waals surface area contributed by atoms with Crippen LogP contribution < -0.4 is 16.0 Å². The van der Waals surface area contributed by atoms with Crippen LogP contribution in [0, 0.1) is 11.6 Å². The predicted octanol–water partition coefficient (Wildman–Crippen LogP) is 2.81. The molecule has 34 heavy (non-hydrogen) atoms. The first-order valence-electron chi connectivity index (χ1n) is 10.5. The van der Waals surface area contributed by atoms with Gasteiger partial charge in [0.2, 0.25) is 11.7 Å². The number of aldehydes is 1. The number of halogens is 2. The van der Waals surface area contributed by atoms with Crippen molar-refractivity contribution in [2.24, 2.45) is 0 Å². The maximum atomic E-state index is 14.4. The molecule has 1 aliphatic heterocycles. The van der Waals surface area contributed by atoms with E-state index in [0.29, 0.717) is 41.7 Å². The van der Waals surface area contributed by atoms with Gasteiger partial charge in [0.1, 0.15) is 11.5 Å². The third-order valence-corrected chi connectivity index (χ3v) is 6.57. The maximum absolute atomic E-state index is 14.4. The molecule has 0 aliphatic carbocycles. The van der Waals surface area contributed by atoms with Gasteiger partial charge in [0.15, 0.2) is 17.2 Å². The van der Waals surface area contributed by atoms with E-state index < -0.39 is 23.2 Å². The molecule has 0 spiro atoms. The molecule has 1 atom stereocenters. The zero-order valence-electron chi connectivity index (χ0n) is 18.5. The molecule has 3 N–H and O–H groups in total. The zero-order chi connectivity index (χ0) is 24.3. The van der Waals surface area contributed by atoms with Gasteiger partial charge in [-0.25, -0.2) is 23.7 Å². The lowest BCUT2D eigenvalue weighted by Crippen LogP contribution is -2.51. The van der Waals surface area contributed by atoms with Gasteiger partial charge in [-0.05, 0) is 38.1 Å². The van der Waals surface area contributed by atoms with E-state index in [4.69, 9.17) is 0 Å². The molecule has 1 aliphatic rings. The largest absolute Gasteiger partial charge is 0.353 e. The Labute approximate surface area is 198 Å². The van der Waals surface area contributed by atoms with Crippen LogP contribution in [0.5, 0.6) is 0 Å². The second kappa shape index (κ2) is 9.87. The second-order valence-electron chi connectivity index (χ2n) is 8.21. The molecule has 12 heteroatoms. The number of hydrogen-bond acceptors (Lipinski definition) is 10. The molecule has 4 rings (SSSR count). The molecule has 0 bridgehead atoms. The minimum atomic E-state index is -0.581. The standard InChI is InChI=1S/C22H23F2N7O2S/c1-22(2)19(16(33)11-32)28-12-31(22)8-7-25-20-26-9-15(24)18(30-20)17-10-27-21(34-17)29-14-5-3-13(23)4-6-14/h3-6,9-11,19,28H,7-8,12H2,1-2H3,(H,27,29)(H,25,26,30). The smallest absolute Gasteiger partial charge is 0.223 e. The van der Waals surface area contributed by atoms with Crippen molar-refractivity contribution in [3.63, 3.8) is 0 Å². The van der Waals surface area contributed by atoms with E-state index in [1.54, 1.807) is 12.1 Å². The van der Waals surface area contributed by atoms with Crippen LogP contribution in [0.25, 0.3) is 10.6 Å². The summed E-state index contributed by atoms with van der Waals surface area (Å²) >= 11 is 1.21. The molecule has 1 aromatic carbocycles. The topological polar surface area (TPSA) is 112 Å². The lowest BCUT2D eigenvalue weighted by molar-refractivity contribution is -0.132. The Morgan fingerprint density at radius 2 is 2.03 bits per heavy atom. The number of hydrogen-bond donors (Lipinski definition) is 3. The number of benzene rings is 1. The minimum Gasteiger partial charge on any atom is -0.353 e. The highest BCUT2D eigenvalue weighted by molar-refractivity contribution is 7.18. The molecular formula is C22H23F2N7O2S. The lowest BCUT2D eigenvalue weighted by atomic mass is 9.92. The van der Waals surface area contributed by atoms with Crippen LogP contribution in [-0.4, -0.2) is 63.3 Å². The van der Waals surface area contributed by atoms with Crippen LogP contribution in [0.2, 0.25) is 0 Å². The Morgan fingerprint density at radius 3 is 2.76 bits per heavy atom. The summed E-state index contributed by atoms with van der Waals surface area (Å²) < 4.78 is 27.5. The lowest BCUT2D eigenvalue weighted by Gasteiger charge is -2.33. The summed E-state index contributed by atoms with van der Waals surface area (Å²) in [4.78, 5) is 37.8. The Balaban J connectivity index is 1.39. The van der Waals surface area contributed by atoms with Gasteiger partial charge in [-0.15, -0.1) is 0 Å². The number of nitrogens with zero attached hydrogens (tertiary/aromatic N) is 4. The summed E-state index contributed by atoms with van der Waals surface area (Å²) in [5, 5.41) is 9.70. The number of ketones is 1. The van der Waals surface area contributed by atoms with E-state index in [1.807, 2.05) is 18.7 Å². The molecule has 2 aromatic heterocycles. The molecule has 0 amide bonds. The van der Waals surface area contributed by atoms with E-state index in [-0.39, 0.29) is 17.5 Å². The molecule has 1 fully saturated rings. The number of aromatic nitrogens is 3. The number of Topliss-reactive ketones (excluding diaryl/α,β-unsaturated/α-hetero) is 1. The fourth-order valence-corrected chi connectivity index (χ4v) is 4.58. The SMILES string of the molecule is CC1(C)C(C(=O)C=O)NCN1CCNc1ncc(F)c(-c2cnc(Nc3ccc(F)cc3)s2)n1. The average molecular weight is 488 g/mol. The third kappa shape index (κ3) is 5.08. The third-order valence-electron chi connectivity index (χ3n) is 5.65. The molecular weight excluding hydrogens is 464 g/mol. The molecule has 178 valence electrons. The highest BCUT2D eigenvalue weighted by Crippen LogP contribution is 2.31. The number of thiazole rings is 1. The zero-order valence-corrected chi connectivity index (χ0v) is 19.3. The van der Waals surface area contributed by atoms with Gasteiger partial charge >= 0.3 is 0 Å². The van der Waals surface area contributed by atoms with E-state index in [1.165, 1.54) is 29.7 Å². The number of rotatable bonds is 9. The van der Waals surface area contributed by atoms with Gasteiger partial charge in [-0.3, -0.25) is 19.8 Å². The van der Waals surface area contributed by atoms with Gasteiger partial charge in [0.05, 0.1) is 17.1 Å². The van der Waals surface area contributed by atoms with Crippen LogP contribution >= 0.6 is 11.3 Å². The van der Waals surface area contributed by atoms with Crippen LogP contribution in [0.1, 0.15) is 13.8 Å². The van der Waals surface area contributed by atoms with Crippen molar-refractivity contribution in [1.29, 1.82) is 0 Å². The summed E-state index contributed by atoms with van der Waals surface area (Å²) in [6.07, 6.45) is 2.95. The molecule has 0 radical (unpaired) electrons. The summed E-state index contributed by atoms with van der Waals surface area (Å²) in [6, 6.07) is 5.26. The van der Waals surface area contributed by atoms with E-state index in [0.717, 1.165) is 6.20 Å². The summed E-state index contributed by atoms with van der Waals surface area (Å²) in [7, 11) is 0. The van der Waals surface area contributed by atoms with E-state index in [2.05, 4.69) is 30.9 Å². The number of carbonyl (C=O) groups excluding carboxylic acids is 2. The van der Waals surface area contributed by atoms with E-state index in [9.17, 15) is 18.4 Å². The van der Waals surface area contributed by atoms with Gasteiger partial charge in [0.25, 0.3) is 0 Å². The molecule has 3 aromatic rings. The first-order valence-corrected chi connectivity index (χ1v) is 11.3. The molecule has 9 nitrogen and oxygen atoms in total. The maximum Gasteiger partial charge on any atom is 0.223 e. The van der Waals surface area contributed by atoms with Gasteiger partial charge in [-0.2, -0.15) is 0 Å². The van der Waals surface area contributed by atoms with Crippen LogP contribution in [0.15, 0.2) is 36.7 Å². The van der Waals surface area contributed by atoms with Crippen molar-refractivity contribution >= 4 is 40.2 Å². The summed E-state index contributed by atoms with van der Waals surface area (Å²) in [5.74, 6) is -1.15. The van der Waals surface area contributed by atoms with Gasteiger partial charge in [0, 0.05) is 37.2 Å². The highest BCUT2D eigenvalue weighted by Gasteiger charge is 2.44. The minimum absolute atomic E-state index is 0.113. The monoisotopic (exact) mass is 487 g/mol. The average Bonchev–Trinajstić information content (AvgIpc) is 3.39. The molecule has 1 unspecified atom stereocenters. The van der Waals surface area contributed by atoms with Crippen molar-refractivity contribution in [2.75, 3.05) is 30.4 Å². The molecule has 0 saturated carbocycles. The molecule has 1 saturated heterocycles. The van der Waals surface area contributed by atoms with Crippen molar-refractivity contribution in [3.8, 4) is 10.6 Å². The number of carbonyl (C=O) groups is 2. The van der Waals surface area contributed by atoms with E-state index >= 15 is 0 Å². The van der Waals surface area contributed by atoms with Gasteiger partial charge in [-0.1, -0.05) is 11.3 Å². The fraction of sp³-hybridized carbons (Fsp3) is 0.318. The number of anilines is 3. The quantitative estimate of drug-likeness (QED) is 0.310. The Morgan fingerprint density at radius 1 is 1.26 bits per heavy atom. The van der Waals surface area contributed by atoms with Crippen LogP contribution in [0.3, 0.4) is 0 Å². The summed E-state index contributed by atoms with van der Waals surface area (Å²) in [5.41, 5.74) is 0.233. The first kappa shape index (κ1) is 23.8. The highest BCUT2D eigenvalue weighted by atomic mass is 32.1. The van der Waals surface area contributed by atoms with Crippen molar-refractivity contribution in [2.45, 2.75) is 25.4 Å².